The van der Waals surface area contributed by atoms with Crippen molar-refractivity contribution >= 4 is 17.3 Å². The van der Waals surface area contributed by atoms with E-state index in [1.165, 1.54) is 0 Å². The molecule has 0 spiro atoms. The van der Waals surface area contributed by atoms with Gasteiger partial charge in [0, 0.05) is 18.8 Å². The summed E-state index contributed by atoms with van der Waals surface area (Å²) in [5.74, 6) is 0. The summed E-state index contributed by atoms with van der Waals surface area (Å²) < 4.78 is 7.13. The van der Waals surface area contributed by atoms with Gasteiger partial charge in [0.2, 0.25) is 0 Å². The Morgan fingerprint density at radius 2 is 2.33 bits per heavy atom. The average Bonchev–Trinajstić information content (AvgIpc) is 2.34. The van der Waals surface area contributed by atoms with Crippen molar-refractivity contribution in [3.8, 4) is 0 Å². The molecule has 1 aromatic rings. The lowest BCUT2D eigenvalue weighted by molar-refractivity contribution is 0.0581. The first kappa shape index (κ1) is 13.4. The summed E-state index contributed by atoms with van der Waals surface area (Å²) in [6.45, 7) is 5.35. The predicted octanol–water partition coefficient (Wildman–Crippen LogP) is 2.67. The monoisotopic (exact) mass is 270 g/mol. The van der Waals surface area contributed by atoms with E-state index in [9.17, 15) is 4.79 Å². The molecule has 0 radical (unpaired) electrons. The van der Waals surface area contributed by atoms with E-state index in [1.807, 2.05) is 13.8 Å². The first-order valence-electron chi connectivity index (χ1n) is 6.34. The second kappa shape index (κ2) is 5.76. The van der Waals surface area contributed by atoms with Crippen LogP contribution in [0.15, 0.2) is 17.1 Å². The number of ether oxygens (including phenoxy) is 1. The molecule has 1 saturated heterocycles. The summed E-state index contributed by atoms with van der Waals surface area (Å²) in [4.78, 5) is 12.3. The highest BCUT2D eigenvalue weighted by atomic mass is 35.5. The van der Waals surface area contributed by atoms with Crippen molar-refractivity contribution in [2.45, 2.75) is 38.8 Å². The molecular formula is C13H19ClN2O2. The van der Waals surface area contributed by atoms with Gasteiger partial charge >= 0.3 is 0 Å². The maximum atomic E-state index is 12.3. The van der Waals surface area contributed by atoms with Crippen LogP contribution in [0, 0.1) is 0 Å². The third kappa shape index (κ3) is 3.06. The van der Waals surface area contributed by atoms with Crippen LogP contribution < -0.4 is 10.9 Å². The van der Waals surface area contributed by atoms with Crippen LogP contribution >= 0.6 is 11.6 Å². The largest absolute Gasteiger partial charge is 0.379 e. The molecule has 100 valence electrons. The standard InChI is InChI=1S/C13H19ClN2O2/c1-9(2)15-12-6-10(14)7-16(13(12)17)11-4-3-5-18-8-11/h6-7,9,11,15H,3-5,8H2,1-2H3/t11-/m0/s1. The van der Waals surface area contributed by atoms with Crippen LogP contribution in [0.1, 0.15) is 32.7 Å². The summed E-state index contributed by atoms with van der Waals surface area (Å²) in [5, 5.41) is 3.71. The van der Waals surface area contributed by atoms with Gasteiger partial charge in [-0.2, -0.15) is 0 Å². The first-order valence-corrected chi connectivity index (χ1v) is 6.71. The zero-order chi connectivity index (χ0) is 13.1. The van der Waals surface area contributed by atoms with E-state index in [4.69, 9.17) is 16.3 Å². The van der Waals surface area contributed by atoms with Gasteiger partial charge in [-0.25, -0.2) is 0 Å². The Morgan fingerprint density at radius 1 is 1.56 bits per heavy atom. The minimum Gasteiger partial charge on any atom is -0.379 e. The van der Waals surface area contributed by atoms with Crippen LogP contribution in [-0.2, 0) is 4.74 Å². The number of rotatable bonds is 3. The van der Waals surface area contributed by atoms with Gasteiger partial charge < -0.3 is 14.6 Å². The van der Waals surface area contributed by atoms with Crippen LogP contribution in [0.4, 0.5) is 5.69 Å². The van der Waals surface area contributed by atoms with Gasteiger partial charge in [0.25, 0.3) is 5.56 Å². The van der Waals surface area contributed by atoms with Crippen LogP contribution in [0.3, 0.4) is 0 Å². The van der Waals surface area contributed by atoms with Gasteiger partial charge in [-0.05, 0) is 32.8 Å². The molecule has 18 heavy (non-hydrogen) atoms. The third-order valence-corrected chi connectivity index (χ3v) is 3.19. The smallest absolute Gasteiger partial charge is 0.274 e. The molecule has 0 aliphatic carbocycles. The van der Waals surface area contributed by atoms with E-state index in [1.54, 1.807) is 16.8 Å². The minimum atomic E-state index is -0.0244. The van der Waals surface area contributed by atoms with Gasteiger partial charge in [0.05, 0.1) is 17.7 Å². The van der Waals surface area contributed by atoms with Gasteiger partial charge in [-0.3, -0.25) is 4.79 Å². The van der Waals surface area contributed by atoms with Crippen LogP contribution in [0.2, 0.25) is 5.02 Å². The van der Waals surface area contributed by atoms with Crippen molar-refractivity contribution in [2.75, 3.05) is 18.5 Å². The van der Waals surface area contributed by atoms with Crippen molar-refractivity contribution in [1.82, 2.24) is 4.57 Å². The number of aromatic nitrogens is 1. The molecule has 2 heterocycles. The number of hydrogen-bond donors (Lipinski definition) is 1. The Bertz CT molecular complexity index is 465. The number of nitrogens with zero attached hydrogens (tertiary/aromatic N) is 1. The highest BCUT2D eigenvalue weighted by Gasteiger charge is 2.18. The molecular weight excluding hydrogens is 252 g/mol. The highest BCUT2D eigenvalue weighted by Crippen LogP contribution is 2.21. The van der Waals surface area contributed by atoms with Crippen molar-refractivity contribution < 1.29 is 4.74 Å². The number of anilines is 1. The predicted molar refractivity (Wildman–Crippen MR) is 73.6 cm³/mol. The van der Waals surface area contributed by atoms with Crippen molar-refractivity contribution in [1.29, 1.82) is 0 Å². The molecule has 0 saturated carbocycles. The highest BCUT2D eigenvalue weighted by molar-refractivity contribution is 6.30. The quantitative estimate of drug-likeness (QED) is 0.918. The summed E-state index contributed by atoms with van der Waals surface area (Å²) in [7, 11) is 0. The zero-order valence-electron chi connectivity index (χ0n) is 10.8. The Morgan fingerprint density at radius 3 is 2.94 bits per heavy atom. The van der Waals surface area contributed by atoms with E-state index >= 15 is 0 Å². The molecule has 0 amide bonds. The average molecular weight is 271 g/mol. The van der Waals surface area contributed by atoms with Gasteiger partial charge in [-0.1, -0.05) is 11.6 Å². The van der Waals surface area contributed by atoms with Gasteiger partial charge in [0.1, 0.15) is 5.69 Å². The lowest BCUT2D eigenvalue weighted by Gasteiger charge is -2.25. The topological polar surface area (TPSA) is 43.3 Å². The first-order chi connectivity index (χ1) is 8.58. The Balaban J connectivity index is 2.34. The number of hydrogen-bond acceptors (Lipinski definition) is 3. The Kier molecular flexibility index (Phi) is 4.30. The molecule has 5 heteroatoms. The molecule has 1 fully saturated rings. The fourth-order valence-electron chi connectivity index (χ4n) is 2.20. The number of halogens is 1. The minimum absolute atomic E-state index is 0.0244. The third-order valence-electron chi connectivity index (χ3n) is 2.98. The summed E-state index contributed by atoms with van der Waals surface area (Å²) in [6, 6.07) is 1.98. The molecule has 2 rings (SSSR count). The lowest BCUT2D eigenvalue weighted by Crippen LogP contribution is -2.32. The van der Waals surface area contributed by atoms with Crippen LogP contribution in [-0.4, -0.2) is 23.8 Å². The molecule has 1 atom stereocenters. The molecule has 0 bridgehead atoms. The molecule has 1 aliphatic rings. The van der Waals surface area contributed by atoms with E-state index in [0.717, 1.165) is 19.4 Å². The molecule has 1 aromatic heterocycles. The van der Waals surface area contributed by atoms with Gasteiger partial charge in [0.15, 0.2) is 0 Å². The van der Waals surface area contributed by atoms with Crippen molar-refractivity contribution in [3.63, 3.8) is 0 Å². The number of pyridine rings is 1. The van der Waals surface area contributed by atoms with Gasteiger partial charge in [-0.15, -0.1) is 0 Å². The van der Waals surface area contributed by atoms with Crippen molar-refractivity contribution in [3.05, 3.63) is 27.6 Å². The second-order valence-corrected chi connectivity index (χ2v) is 5.39. The number of nitrogens with one attached hydrogen (secondary N) is 1. The van der Waals surface area contributed by atoms with E-state index in [2.05, 4.69) is 5.32 Å². The fourth-order valence-corrected chi connectivity index (χ4v) is 2.41. The SMILES string of the molecule is CC(C)Nc1cc(Cl)cn([C@H]2CCCOC2)c1=O. The summed E-state index contributed by atoms with van der Waals surface area (Å²) in [5.41, 5.74) is 0.534. The fraction of sp³-hybridized carbons (Fsp3) is 0.615. The molecule has 0 unspecified atom stereocenters. The lowest BCUT2D eigenvalue weighted by atomic mass is 10.1. The Hall–Kier alpha value is -1.00. The maximum absolute atomic E-state index is 12.3. The summed E-state index contributed by atoms with van der Waals surface area (Å²) >= 11 is 6.08. The Labute approximate surface area is 112 Å². The zero-order valence-corrected chi connectivity index (χ0v) is 11.5. The van der Waals surface area contributed by atoms with Crippen LogP contribution in [0.25, 0.3) is 0 Å². The molecule has 4 nitrogen and oxygen atoms in total. The van der Waals surface area contributed by atoms with Crippen LogP contribution in [0.5, 0.6) is 0 Å². The van der Waals surface area contributed by atoms with E-state index in [0.29, 0.717) is 17.3 Å². The normalized spacial score (nSPS) is 20.1. The van der Waals surface area contributed by atoms with Crippen molar-refractivity contribution in [2.24, 2.45) is 0 Å². The second-order valence-electron chi connectivity index (χ2n) is 4.95. The molecule has 1 aliphatic heterocycles. The van der Waals surface area contributed by atoms with E-state index < -0.39 is 0 Å². The summed E-state index contributed by atoms with van der Waals surface area (Å²) in [6.07, 6.45) is 3.65. The molecule has 0 aromatic carbocycles. The van der Waals surface area contributed by atoms with E-state index in [-0.39, 0.29) is 17.6 Å². The molecule has 1 N–H and O–H groups in total. The maximum Gasteiger partial charge on any atom is 0.274 e.